The predicted molar refractivity (Wildman–Crippen MR) is 149 cm³/mol. The normalized spacial score (nSPS) is 27.6. The lowest BCUT2D eigenvalue weighted by Gasteiger charge is -2.53. The second kappa shape index (κ2) is 10.2. The maximum absolute atomic E-state index is 14.0. The van der Waals surface area contributed by atoms with Crippen LogP contribution in [0.25, 0.3) is 10.8 Å². The van der Waals surface area contributed by atoms with Crippen molar-refractivity contribution in [3.8, 4) is 0 Å². The molecule has 3 aromatic carbocycles. The van der Waals surface area contributed by atoms with E-state index >= 15 is 0 Å². The molecule has 4 aliphatic rings. The summed E-state index contributed by atoms with van der Waals surface area (Å²) in [5, 5.41) is 2.63. The molecule has 0 radical (unpaired) electrons. The van der Waals surface area contributed by atoms with Gasteiger partial charge >= 0.3 is 5.97 Å². The van der Waals surface area contributed by atoms with Gasteiger partial charge in [0.15, 0.2) is 6.10 Å². The number of carbonyl (C=O) groups excluding carboxylic acids is 1. The van der Waals surface area contributed by atoms with Crippen LogP contribution in [0.1, 0.15) is 50.2 Å². The molecule has 0 spiro atoms. The van der Waals surface area contributed by atoms with E-state index in [0.29, 0.717) is 5.92 Å². The molecule has 4 aliphatic heterocycles. The number of carbonyl (C=O) groups is 1. The summed E-state index contributed by atoms with van der Waals surface area (Å²) in [4.78, 5) is 16.4. The zero-order valence-corrected chi connectivity index (χ0v) is 22.3. The minimum atomic E-state index is -0.719. The number of quaternary nitrogens is 1. The molecule has 0 unspecified atom stereocenters. The van der Waals surface area contributed by atoms with Gasteiger partial charge in [-0.25, -0.2) is 4.79 Å². The van der Waals surface area contributed by atoms with E-state index in [1.807, 2.05) is 18.2 Å². The summed E-state index contributed by atoms with van der Waals surface area (Å²) >= 11 is 0. The number of nitrogens with zero attached hydrogens (tertiary/aromatic N) is 2. The van der Waals surface area contributed by atoms with E-state index in [2.05, 4.69) is 66.4 Å². The summed E-state index contributed by atoms with van der Waals surface area (Å²) in [5.74, 6) is 0.457. The first kappa shape index (κ1) is 24.6. The Balaban J connectivity index is 1.17. The number of likely N-dealkylation sites (tertiary alicyclic amines) is 1. The maximum atomic E-state index is 14.0. The van der Waals surface area contributed by atoms with Crippen molar-refractivity contribution in [2.24, 2.45) is 5.92 Å². The molecule has 4 heterocycles. The van der Waals surface area contributed by atoms with Gasteiger partial charge in [0.05, 0.1) is 19.6 Å². The van der Waals surface area contributed by atoms with E-state index in [9.17, 15) is 4.79 Å². The molecule has 4 heteroatoms. The first-order valence-electron chi connectivity index (χ1n) is 14.4. The quantitative estimate of drug-likeness (QED) is 0.299. The van der Waals surface area contributed by atoms with Crippen molar-refractivity contribution in [2.75, 3.05) is 39.3 Å². The Hall–Kier alpha value is -2.69. The number of fused-ring (bicyclic) bond motifs is 4. The van der Waals surface area contributed by atoms with Gasteiger partial charge in [-0.15, -0.1) is 0 Å². The molecule has 7 rings (SSSR count). The van der Waals surface area contributed by atoms with Gasteiger partial charge in [-0.1, -0.05) is 79.2 Å². The van der Waals surface area contributed by atoms with Gasteiger partial charge in [-0.3, -0.25) is 4.90 Å². The molecule has 2 bridgehead atoms. The third-order valence-corrected chi connectivity index (χ3v) is 9.71. The Kier molecular flexibility index (Phi) is 6.81. The number of ether oxygens (including phenoxy) is 1. The molecule has 3 aromatic rings. The van der Waals surface area contributed by atoms with E-state index in [1.165, 1.54) is 48.7 Å². The fourth-order valence-corrected chi connectivity index (χ4v) is 7.22. The van der Waals surface area contributed by atoms with E-state index < -0.39 is 5.54 Å². The molecule has 2 atom stereocenters. The third kappa shape index (κ3) is 4.82. The highest BCUT2D eigenvalue weighted by Gasteiger charge is 2.50. The van der Waals surface area contributed by atoms with Crippen molar-refractivity contribution in [3.05, 3.63) is 83.9 Å². The van der Waals surface area contributed by atoms with Crippen molar-refractivity contribution in [1.82, 2.24) is 4.90 Å². The molecule has 4 saturated heterocycles. The number of benzene rings is 3. The van der Waals surface area contributed by atoms with Crippen LogP contribution in [0.15, 0.2) is 72.8 Å². The maximum Gasteiger partial charge on any atom is 0.331 e. The van der Waals surface area contributed by atoms with Crippen LogP contribution in [0.3, 0.4) is 0 Å². The molecule has 0 saturated carbocycles. The van der Waals surface area contributed by atoms with Crippen LogP contribution in [0, 0.1) is 5.92 Å². The second-order valence-electron chi connectivity index (χ2n) is 11.9. The van der Waals surface area contributed by atoms with Gasteiger partial charge in [-0.05, 0) is 54.8 Å². The average Bonchev–Trinajstić information content (AvgIpc) is 2.97. The highest BCUT2D eigenvalue weighted by Crippen LogP contribution is 2.39. The van der Waals surface area contributed by atoms with Crippen molar-refractivity contribution in [3.63, 3.8) is 0 Å². The molecular weight excluding hydrogens is 456 g/mol. The van der Waals surface area contributed by atoms with Gasteiger partial charge in [0.1, 0.15) is 12.1 Å². The molecule has 4 fully saturated rings. The number of rotatable bonds is 7. The summed E-state index contributed by atoms with van der Waals surface area (Å²) in [6.45, 7) is 8.54. The Labute approximate surface area is 221 Å². The monoisotopic (exact) mass is 497 g/mol. The van der Waals surface area contributed by atoms with Crippen LogP contribution in [0.4, 0.5) is 0 Å². The Bertz CT molecular complexity index is 1230. The SMILES string of the molecule is C[C@@](C(=O)O[C@H]1C[N+]2(CCc3ccc4ccccc4c3)CCC1CC2)(c1ccccc1)N1CCCCC1. The number of hydrogen-bond acceptors (Lipinski definition) is 3. The Morgan fingerprint density at radius 2 is 1.62 bits per heavy atom. The van der Waals surface area contributed by atoms with Crippen LogP contribution in [0.2, 0.25) is 0 Å². The van der Waals surface area contributed by atoms with E-state index in [1.54, 1.807) is 0 Å². The van der Waals surface area contributed by atoms with E-state index in [-0.39, 0.29) is 12.1 Å². The van der Waals surface area contributed by atoms with Gasteiger partial charge in [0.25, 0.3) is 0 Å². The van der Waals surface area contributed by atoms with Crippen LogP contribution in [-0.2, 0) is 21.5 Å². The minimum absolute atomic E-state index is 0.0273. The van der Waals surface area contributed by atoms with E-state index in [4.69, 9.17) is 4.74 Å². The standard InChI is InChI=1S/C33H41N2O2/c1-33(30-12-4-2-5-13-30,34-19-8-3-9-20-34)32(36)37-31-25-35(22-17-28(31)18-23-35)21-16-26-14-15-27-10-6-7-11-29(27)24-26/h2,4-7,10-15,24,28,31H,3,8-9,16-23,25H2,1H3/q+1/t28?,31-,33-,35?/m0/s1. The zero-order chi connectivity index (χ0) is 25.3. The largest absolute Gasteiger partial charge is 0.454 e. The van der Waals surface area contributed by atoms with Gasteiger partial charge < -0.3 is 9.22 Å². The lowest BCUT2D eigenvalue weighted by Crippen LogP contribution is -2.65. The molecule has 0 amide bonds. The fourth-order valence-electron chi connectivity index (χ4n) is 7.22. The highest BCUT2D eigenvalue weighted by molar-refractivity contribution is 5.83. The summed E-state index contributed by atoms with van der Waals surface area (Å²) < 4.78 is 7.63. The second-order valence-corrected chi connectivity index (χ2v) is 11.9. The molecular formula is C33H41N2O2+. The Morgan fingerprint density at radius 1 is 0.919 bits per heavy atom. The Morgan fingerprint density at radius 3 is 2.38 bits per heavy atom. The first-order chi connectivity index (χ1) is 18.1. The molecule has 4 nitrogen and oxygen atoms in total. The zero-order valence-electron chi connectivity index (χ0n) is 22.3. The van der Waals surface area contributed by atoms with Crippen molar-refractivity contribution in [2.45, 2.75) is 57.1 Å². The van der Waals surface area contributed by atoms with E-state index in [0.717, 1.165) is 55.5 Å². The summed E-state index contributed by atoms with van der Waals surface area (Å²) in [5.41, 5.74) is 1.75. The molecule has 0 aromatic heterocycles. The van der Waals surface area contributed by atoms with Gasteiger partial charge in [-0.2, -0.15) is 0 Å². The lowest BCUT2D eigenvalue weighted by molar-refractivity contribution is -0.946. The van der Waals surface area contributed by atoms with Crippen LogP contribution >= 0.6 is 0 Å². The fraction of sp³-hybridized carbons (Fsp3) is 0.485. The molecule has 37 heavy (non-hydrogen) atoms. The van der Waals surface area contributed by atoms with Crippen molar-refractivity contribution < 1.29 is 14.0 Å². The average molecular weight is 498 g/mol. The molecule has 0 N–H and O–H groups in total. The smallest absolute Gasteiger partial charge is 0.331 e. The van der Waals surface area contributed by atoms with Gasteiger partial charge in [0, 0.05) is 25.2 Å². The summed E-state index contributed by atoms with van der Waals surface area (Å²) in [6.07, 6.45) is 6.99. The van der Waals surface area contributed by atoms with Crippen molar-refractivity contribution in [1.29, 1.82) is 0 Å². The number of esters is 1. The molecule has 194 valence electrons. The minimum Gasteiger partial charge on any atom is -0.454 e. The predicted octanol–water partition coefficient (Wildman–Crippen LogP) is 5.94. The summed E-state index contributed by atoms with van der Waals surface area (Å²) in [7, 11) is 0. The highest BCUT2D eigenvalue weighted by atomic mass is 16.5. The van der Waals surface area contributed by atoms with Crippen LogP contribution < -0.4 is 0 Å². The van der Waals surface area contributed by atoms with Crippen LogP contribution in [0.5, 0.6) is 0 Å². The number of hydrogen-bond donors (Lipinski definition) is 0. The number of piperidine rings is 4. The topological polar surface area (TPSA) is 29.5 Å². The summed E-state index contributed by atoms with van der Waals surface area (Å²) in [6, 6.07) is 25.8. The van der Waals surface area contributed by atoms with Crippen LogP contribution in [-0.4, -0.2) is 60.7 Å². The van der Waals surface area contributed by atoms with Gasteiger partial charge in [0.2, 0.25) is 0 Å². The van der Waals surface area contributed by atoms with Crippen molar-refractivity contribution >= 4 is 16.7 Å². The first-order valence-corrected chi connectivity index (χ1v) is 14.4. The molecule has 0 aliphatic carbocycles. The lowest BCUT2D eigenvalue weighted by atomic mass is 9.82. The third-order valence-electron chi connectivity index (χ3n) is 9.71.